The van der Waals surface area contributed by atoms with Gasteiger partial charge >= 0.3 is 0 Å². The van der Waals surface area contributed by atoms with Gasteiger partial charge in [-0.05, 0) is 52.7 Å². The number of benzene rings is 1. The summed E-state index contributed by atoms with van der Waals surface area (Å²) < 4.78 is 21.7. The fourth-order valence-corrected chi connectivity index (χ4v) is 4.51. The van der Waals surface area contributed by atoms with Crippen molar-refractivity contribution in [3.63, 3.8) is 0 Å². The molecule has 1 aromatic carbocycles. The second kappa shape index (κ2) is 9.61. The SMILES string of the molecule is CC(Sc1nnc(C(C)Oc2ccccc2F)n1C(C)C)C(=O)NC1CCCC1. The Bertz CT molecular complexity index is 836. The van der Waals surface area contributed by atoms with Gasteiger partial charge in [-0.2, -0.15) is 0 Å². The third kappa shape index (κ3) is 5.29. The van der Waals surface area contributed by atoms with Gasteiger partial charge in [-0.25, -0.2) is 4.39 Å². The Labute approximate surface area is 175 Å². The van der Waals surface area contributed by atoms with Crippen LogP contribution in [-0.4, -0.2) is 32.0 Å². The quantitative estimate of drug-likeness (QED) is 0.628. The maximum absolute atomic E-state index is 13.9. The van der Waals surface area contributed by atoms with E-state index in [2.05, 4.69) is 15.5 Å². The van der Waals surface area contributed by atoms with Crippen LogP contribution in [0, 0.1) is 5.82 Å². The molecule has 1 fully saturated rings. The summed E-state index contributed by atoms with van der Waals surface area (Å²) in [4.78, 5) is 12.5. The van der Waals surface area contributed by atoms with Crippen molar-refractivity contribution >= 4 is 17.7 Å². The van der Waals surface area contributed by atoms with Gasteiger partial charge in [-0.3, -0.25) is 4.79 Å². The van der Waals surface area contributed by atoms with E-state index >= 15 is 0 Å². The number of amides is 1. The van der Waals surface area contributed by atoms with Crippen LogP contribution in [0.5, 0.6) is 5.75 Å². The maximum atomic E-state index is 13.9. The van der Waals surface area contributed by atoms with Gasteiger partial charge in [-0.15, -0.1) is 10.2 Å². The van der Waals surface area contributed by atoms with E-state index in [1.54, 1.807) is 18.2 Å². The van der Waals surface area contributed by atoms with Crippen LogP contribution in [0.4, 0.5) is 4.39 Å². The van der Waals surface area contributed by atoms with Crippen LogP contribution in [0.2, 0.25) is 0 Å². The zero-order valence-corrected chi connectivity index (χ0v) is 18.2. The van der Waals surface area contributed by atoms with Crippen LogP contribution in [0.3, 0.4) is 0 Å². The van der Waals surface area contributed by atoms with E-state index < -0.39 is 11.9 Å². The van der Waals surface area contributed by atoms with Gasteiger partial charge in [0, 0.05) is 12.1 Å². The molecular weight excluding hydrogens is 391 g/mol. The molecule has 1 amide bonds. The van der Waals surface area contributed by atoms with E-state index in [1.165, 1.54) is 30.7 Å². The minimum absolute atomic E-state index is 0.0254. The number of thioether (sulfide) groups is 1. The molecule has 6 nitrogen and oxygen atoms in total. The molecule has 3 rings (SSSR count). The number of halogens is 1. The molecule has 29 heavy (non-hydrogen) atoms. The summed E-state index contributed by atoms with van der Waals surface area (Å²) in [6, 6.07) is 6.66. The summed E-state index contributed by atoms with van der Waals surface area (Å²) >= 11 is 1.39. The molecule has 1 saturated carbocycles. The van der Waals surface area contributed by atoms with Gasteiger partial charge in [0.15, 0.2) is 28.7 Å². The molecule has 1 aromatic heterocycles. The van der Waals surface area contributed by atoms with E-state index in [-0.39, 0.29) is 22.9 Å². The van der Waals surface area contributed by atoms with Crippen LogP contribution >= 0.6 is 11.8 Å². The van der Waals surface area contributed by atoms with Gasteiger partial charge in [0.2, 0.25) is 5.91 Å². The van der Waals surface area contributed by atoms with Gasteiger partial charge in [-0.1, -0.05) is 36.7 Å². The lowest BCUT2D eigenvalue weighted by atomic mass is 10.2. The number of para-hydroxylation sites is 1. The summed E-state index contributed by atoms with van der Waals surface area (Å²) in [7, 11) is 0. The van der Waals surface area contributed by atoms with E-state index in [4.69, 9.17) is 4.74 Å². The molecule has 0 aliphatic heterocycles. The monoisotopic (exact) mass is 420 g/mol. The Hall–Kier alpha value is -2.09. The Morgan fingerprint density at radius 2 is 1.90 bits per heavy atom. The van der Waals surface area contributed by atoms with E-state index in [9.17, 15) is 9.18 Å². The summed E-state index contributed by atoms with van der Waals surface area (Å²) in [6.45, 7) is 7.75. The number of nitrogens with zero attached hydrogens (tertiary/aromatic N) is 3. The lowest BCUT2D eigenvalue weighted by Gasteiger charge is -2.20. The highest BCUT2D eigenvalue weighted by Crippen LogP contribution is 2.30. The summed E-state index contributed by atoms with van der Waals surface area (Å²) in [5.41, 5.74) is 0. The van der Waals surface area contributed by atoms with E-state index in [0.29, 0.717) is 17.0 Å². The third-order valence-electron chi connectivity index (χ3n) is 5.06. The number of hydrogen-bond donors (Lipinski definition) is 1. The van der Waals surface area contributed by atoms with Crippen molar-refractivity contribution in [3.05, 3.63) is 35.9 Å². The molecular formula is C21H29FN4O2S. The van der Waals surface area contributed by atoms with Gasteiger partial charge in [0.05, 0.1) is 5.25 Å². The van der Waals surface area contributed by atoms with Crippen LogP contribution in [0.25, 0.3) is 0 Å². The smallest absolute Gasteiger partial charge is 0.233 e. The first-order valence-corrected chi connectivity index (χ1v) is 11.1. The van der Waals surface area contributed by atoms with Crippen molar-refractivity contribution in [1.82, 2.24) is 20.1 Å². The molecule has 1 aliphatic carbocycles. The standard InChI is InChI=1S/C21H29FN4O2S/c1-13(2)26-19(14(3)28-18-12-8-7-11-17(18)22)24-25-21(26)29-15(4)20(27)23-16-9-5-6-10-16/h7-8,11-16H,5-6,9-10H2,1-4H3,(H,23,27). The normalized spacial score (nSPS) is 16.8. The predicted octanol–water partition coefficient (Wildman–Crippen LogP) is 4.68. The molecule has 158 valence electrons. The number of carbonyl (C=O) groups is 1. The number of rotatable bonds is 8. The van der Waals surface area contributed by atoms with Crippen LogP contribution in [0.1, 0.15) is 71.3 Å². The molecule has 1 N–H and O–H groups in total. The van der Waals surface area contributed by atoms with Crippen LogP contribution < -0.4 is 10.1 Å². The number of carbonyl (C=O) groups excluding carboxylic acids is 1. The fraction of sp³-hybridized carbons (Fsp3) is 0.571. The zero-order chi connectivity index (χ0) is 21.0. The minimum Gasteiger partial charge on any atom is -0.480 e. The Morgan fingerprint density at radius 3 is 2.55 bits per heavy atom. The number of nitrogens with one attached hydrogen (secondary N) is 1. The average molecular weight is 421 g/mol. The van der Waals surface area contributed by atoms with Crippen molar-refractivity contribution in [3.8, 4) is 5.75 Å². The third-order valence-corrected chi connectivity index (χ3v) is 6.12. The Morgan fingerprint density at radius 1 is 1.21 bits per heavy atom. The highest BCUT2D eigenvalue weighted by molar-refractivity contribution is 8.00. The fourth-order valence-electron chi connectivity index (χ4n) is 3.52. The Kier molecular flexibility index (Phi) is 7.16. The van der Waals surface area contributed by atoms with Gasteiger partial charge < -0.3 is 14.6 Å². The molecule has 2 aromatic rings. The average Bonchev–Trinajstić information content (AvgIpc) is 3.33. The van der Waals surface area contributed by atoms with Crippen molar-refractivity contribution in [1.29, 1.82) is 0 Å². The summed E-state index contributed by atoms with van der Waals surface area (Å²) in [5.74, 6) is 0.394. The molecule has 2 atom stereocenters. The summed E-state index contributed by atoms with van der Waals surface area (Å²) in [5, 5.41) is 12.1. The molecule has 8 heteroatoms. The molecule has 0 spiro atoms. The van der Waals surface area contributed by atoms with Crippen LogP contribution in [-0.2, 0) is 4.79 Å². The van der Waals surface area contributed by atoms with Crippen molar-refractivity contribution in [2.75, 3.05) is 0 Å². The lowest BCUT2D eigenvalue weighted by Crippen LogP contribution is -2.37. The van der Waals surface area contributed by atoms with Gasteiger partial charge in [0.1, 0.15) is 0 Å². The largest absolute Gasteiger partial charge is 0.480 e. The molecule has 2 unspecified atom stereocenters. The number of hydrogen-bond acceptors (Lipinski definition) is 5. The molecule has 0 radical (unpaired) electrons. The summed E-state index contributed by atoms with van der Waals surface area (Å²) in [6.07, 6.45) is 3.98. The second-order valence-electron chi connectivity index (χ2n) is 7.75. The van der Waals surface area contributed by atoms with Gasteiger partial charge in [0.25, 0.3) is 0 Å². The van der Waals surface area contributed by atoms with Crippen molar-refractivity contribution in [2.24, 2.45) is 0 Å². The first-order chi connectivity index (χ1) is 13.9. The maximum Gasteiger partial charge on any atom is 0.233 e. The molecule has 0 bridgehead atoms. The number of ether oxygens (including phenoxy) is 1. The number of aromatic nitrogens is 3. The highest BCUT2D eigenvalue weighted by atomic mass is 32.2. The zero-order valence-electron chi connectivity index (χ0n) is 17.4. The minimum atomic E-state index is -0.487. The second-order valence-corrected chi connectivity index (χ2v) is 9.05. The Balaban J connectivity index is 1.72. The lowest BCUT2D eigenvalue weighted by molar-refractivity contribution is -0.120. The molecule has 0 saturated heterocycles. The van der Waals surface area contributed by atoms with E-state index in [1.807, 2.05) is 32.3 Å². The molecule has 1 aliphatic rings. The van der Waals surface area contributed by atoms with Crippen molar-refractivity contribution < 1.29 is 13.9 Å². The van der Waals surface area contributed by atoms with Crippen LogP contribution in [0.15, 0.2) is 29.4 Å². The topological polar surface area (TPSA) is 69.0 Å². The predicted molar refractivity (Wildman–Crippen MR) is 112 cm³/mol. The first-order valence-electron chi connectivity index (χ1n) is 10.2. The first kappa shape index (κ1) is 21.6. The highest BCUT2D eigenvalue weighted by Gasteiger charge is 2.26. The molecule has 1 heterocycles. The van der Waals surface area contributed by atoms with E-state index in [0.717, 1.165) is 12.8 Å². The van der Waals surface area contributed by atoms with Crippen molar-refractivity contribution in [2.45, 2.75) is 82.0 Å².